The van der Waals surface area contributed by atoms with Gasteiger partial charge in [-0.1, -0.05) is 71.8 Å². The molecule has 0 aliphatic rings. The molecule has 33 heavy (non-hydrogen) atoms. The average Bonchev–Trinajstić information content (AvgIpc) is 3.15. The zero-order valence-electron chi connectivity index (χ0n) is 17.9. The quantitative estimate of drug-likeness (QED) is 0.340. The summed E-state index contributed by atoms with van der Waals surface area (Å²) in [6.07, 6.45) is 0. The predicted molar refractivity (Wildman–Crippen MR) is 128 cm³/mol. The standard InChI is InChI=1S/C25H19ClN4O2S/c1-16-11-13-21(14-12-16)33(31,32)25-23(18-7-4-3-5-8-18)30-24(27-28-25)22(17(2)29-30)19-9-6-10-20(26)15-19/h3-15H,1-2H3. The second-order valence-corrected chi connectivity index (χ2v) is 10.0. The van der Waals surface area contributed by atoms with Gasteiger partial charge in [0.2, 0.25) is 14.9 Å². The minimum absolute atomic E-state index is 0.148. The van der Waals surface area contributed by atoms with Gasteiger partial charge in [-0.25, -0.2) is 12.9 Å². The smallest absolute Gasteiger partial charge is 0.217 e. The summed E-state index contributed by atoms with van der Waals surface area (Å²) in [6.45, 7) is 3.76. The van der Waals surface area contributed by atoms with Crippen molar-refractivity contribution in [3.05, 3.63) is 95.1 Å². The zero-order chi connectivity index (χ0) is 23.2. The fourth-order valence-corrected chi connectivity index (χ4v) is 5.34. The molecule has 2 heterocycles. The van der Waals surface area contributed by atoms with Gasteiger partial charge in [-0.05, 0) is 43.7 Å². The fourth-order valence-electron chi connectivity index (χ4n) is 3.83. The van der Waals surface area contributed by atoms with E-state index in [4.69, 9.17) is 11.6 Å². The van der Waals surface area contributed by atoms with Crippen LogP contribution < -0.4 is 0 Å². The van der Waals surface area contributed by atoms with Gasteiger partial charge in [0.25, 0.3) is 0 Å². The Hall–Kier alpha value is -3.55. The van der Waals surface area contributed by atoms with Crippen LogP contribution >= 0.6 is 11.6 Å². The second-order valence-electron chi connectivity index (χ2n) is 7.74. The van der Waals surface area contributed by atoms with Crippen LogP contribution in [-0.4, -0.2) is 28.2 Å². The maximum Gasteiger partial charge on any atom is 0.227 e. The zero-order valence-corrected chi connectivity index (χ0v) is 19.5. The molecule has 0 amide bonds. The fraction of sp³-hybridized carbons (Fsp3) is 0.0800. The molecular formula is C25H19ClN4O2S. The molecule has 0 fully saturated rings. The topological polar surface area (TPSA) is 77.2 Å². The normalized spacial score (nSPS) is 11.7. The Labute approximate surface area is 196 Å². The Bertz CT molecular complexity index is 1600. The first-order chi connectivity index (χ1) is 15.9. The largest absolute Gasteiger partial charge is 0.227 e. The van der Waals surface area contributed by atoms with Crippen LogP contribution in [-0.2, 0) is 9.84 Å². The van der Waals surface area contributed by atoms with Gasteiger partial charge < -0.3 is 0 Å². The van der Waals surface area contributed by atoms with E-state index in [1.807, 2.05) is 62.4 Å². The summed E-state index contributed by atoms with van der Waals surface area (Å²) in [7, 11) is -3.96. The Morgan fingerprint density at radius 3 is 2.21 bits per heavy atom. The van der Waals surface area contributed by atoms with Crippen molar-refractivity contribution >= 4 is 27.1 Å². The molecule has 0 radical (unpaired) electrons. The molecule has 0 aliphatic carbocycles. The number of hydrogen-bond donors (Lipinski definition) is 0. The van der Waals surface area contributed by atoms with Crippen LogP contribution in [0.5, 0.6) is 0 Å². The van der Waals surface area contributed by atoms with E-state index in [2.05, 4.69) is 15.3 Å². The number of rotatable bonds is 4. The lowest BCUT2D eigenvalue weighted by Gasteiger charge is -2.11. The van der Waals surface area contributed by atoms with Crippen LogP contribution in [0.25, 0.3) is 28.0 Å². The molecule has 0 saturated carbocycles. The van der Waals surface area contributed by atoms with E-state index in [9.17, 15) is 8.42 Å². The highest BCUT2D eigenvalue weighted by Crippen LogP contribution is 2.34. The highest BCUT2D eigenvalue weighted by Gasteiger charge is 2.29. The minimum atomic E-state index is -3.96. The first kappa shape index (κ1) is 21.3. The Morgan fingerprint density at radius 1 is 0.818 bits per heavy atom. The molecule has 0 spiro atoms. The van der Waals surface area contributed by atoms with Crippen LogP contribution in [0.1, 0.15) is 11.3 Å². The van der Waals surface area contributed by atoms with Gasteiger partial charge in [0.05, 0.1) is 16.2 Å². The number of fused-ring (bicyclic) bond motifs is 1. The van der Waals surface area contributed by atoms with Gasteiger partial charge in [0, 0.05) is 10.6 Å². The van der Waals surface area contributed by atoms with Crippen LogP contribution in [0, 0.1) is 13.8 Å². The monoisotopic (exact) mass is 474 g/mol. The van der Waals surface area contributed by atoms with Crippen LogP contribution in [0.4, 0.5) is 0 Å². The van der Waals surface area contributed by atoms with E-state index in [1.165, 1.54) is 0 Å². The SMILES string of the molecule is Cc1ccc(S(=O)(=O)c2nnc3c(-c4cccc(Cl)c4)c(C)nn3c2-c2ccccc2)cc1. The number of benzene rings is 3. The van der Waals surface area contributed by atoms with E-state index >= 15 is 0 Å². The van der Waals surface area contributed by atoms with Gasteiger partial charge in [0.15, 0.2) is 5.65 Å². The summed E-state index contributed by atoms with van der Waals surface area (Å²) in [5.74, 6) is 0. The number of hydrogen-bond acceptors (Lipinski definition) is 5. The van der Waals surface area contributed by atoms with Crippen molar-refractivity contribution in [3.63, 3.8) is 0 Å². The third-order valence-electron chi connectivity index (χ3n) is 5.43. The Morgan fingerprint density at radius 2 is 1.52 bits per heavy atom. The molecule has 2 aromatic heterocycles. The Balaban J connectivity index is 1.84. The predicted octanol–water partition coefficient (Wildman–Crippen LogP) is 5.56. The Kier molecular flexibility index (Phi) is 5.23. The van der Waals surface area contributed by atoms with Gasteiger partial charge in [-0.2, -0.15) is 5.10 Å². The number of halogens is 1. The molecule has 8 heteroatoms. The van der Waals surface area contributed by atoms with E-state index < -0.39 is 9.84 Å². The highest BCUT2D eigenvalue weighted by molar-refractivity contribution is 7.91. The molecule has 5 rings (SSSR count). The third kappa shape index (κ3) is 3.69. The molecule has 5 aromatic rings. The summed E-state index contributed by atoms with van der Waals surface area (Å²) >= 11 is 6.21. The van der Waals surface area contributed by atoms with E-state index in [1.54, 1.807) is 34.8 Å². The third-order valence-corrected chi connectivity index (χ3v) is 7.34. The highest BCUT2D eigenvalue weighted by atomic mass is 35.5. The lowest BCUT2D eigenvalue weighted by molar-refractivity contribution is 0.589. The van der Waals surface area contributed by atoms with Crippen LogP contribution in [0.15, 0.2) is 88.8 Å². The van der Waals surface area contributed by atoms with Crippen molar-refractivity contribution in [1.82, 2.24) is 19.8 Å². The summed E-state index contributed by atoms with van der Waals surface area (Å²) in [5, 5.41) is 13.7. The lowest BCUT2D eigenvalue weighted by atomic mass is 10.1. The molecular weight excluding hydrogens is 456 g/mol. The maximum atomic E-state index is 13.6. The second kappa shape index (κ2) is 8.10. The first-order valence-corrected chi connectivity index (χ1v) is 12.1. The van der Waals surface area contributed by atoms with Crippen LogP contribution in [0.2, 0.25) is 5.02 Å². The molecule has 0 atom stereocenters. The van der Waals surface area contributed by atoms with Crippen LogP contribution in [0.3, 0.4) is 0 Å². The van der Waals surface area contributed by atoms with Crippen molar-refractivity contribution < 1.29 is 8.42 Å². The summed E-state index contributed by atoms with van der Waals surface area (Å²) in [6, 6.07) is 23.3. The van der Waals surface area contributed by atoms with E-state index in [0.29, 0.717) is 27.6 Å². The van der Waals surface area contributed by atoms with Crippen molar-refractivity contribution in [1.29, 1.82) is 0 Å². The molecule has 3 aromatic carbocycles. The summed E-state index contributed by atoms with van der Waals surface area (Å²) in [5.41, 5.74) is 4.72. The number of nitrogens with zero attached hydrogens (tertiary/aromatic N) is 4. The molecule has 0 aliphatic heterocycles. The van der Waals surface area contributed by atoms with Gasteiger partial charge in [0.1, 0.15) is 5.69 Å². The molecule has 0 unspecified atom stereocenters. The van der Waals surface area contributed by atoms with Crippen molar-refractivity contribution in [2.24, 2.45) is 0 Å². The lowest BCUT2D eigenvalue weighted by Crippen LogP contribution is -2.12. The summed E-state index contributed by atoms with van der Waals surface area (Å²) in [4.78, 5) is 0.151. The minimum Gasteiger partial charge on any atom is -0.217 e. The number of sulfone groups is 1. The average molecular weight is 475 g/mol. The van der Waals surface area contributed by atoms with Crippen molar-refractivity contribution in [2.45, 2.75) is 23.8 Å². The van der Waals surface area contributed by atoms with E-state index in [-0.39, 0.29) is 9.92 Å². The molecule has 164 valence electrons. The molecule has 0 bridgehead atoms. The van der Waals surface area contributed by atoms with Gasteiger partial charge in [-0.15, -0.1) is 10.2 Å². The van der Waals surface area contributed by atoms with Crippen molar-refractivity contribution in [2.75, 3.05) is 0 Å². The number of aryl methyl sites for hydroxylation is 2. The first-order valence-electron chi connectivity index (χ1n) is 10.3. The molecule has 0 N–H and O–H groups in total. The maximum absolute atomic E-state index is 13.6. The van der Waals surface area contributed by atoms with Gasteiger partial charge in [-0.3, -0.25) is 0 Å². The molecule has 0 saturated heterocycles. The number of aromatic nitrogens is 4. The van der Waals surface area contributed by atoms with Gasteiger partial charge >= 0.3 is 0 Å². The van der Waals surface area contributed by atoms with E-state index in [0.717, 1.165) is 16.7 Å². The van der Waals surface area contributed by atoms with Crippen molar-refractivity contribution in [3.8, 4) is 22.4 Å². The summed E-state index contributed by atoms with van der Waals surface area (Å²) < 4.78 is 28.8. The molecule has 6 nitrogen and oxygen atoms in total.